The molecular weight excluding hydrogens is 154 g/mol. The molecule has 1 aliphatic carbocycles. The maximum atomic E-state index is 11.3. The third-order valence-corrected chi connectivity index (χ3v) is 2.74. The highest BCUT2D eigenvalue weighted by molar-refractivity contribution is 5.73. The molecular formula is C9H15NO2. The molecule has 1 N–H and O–H groups in total. The molecule has 0 radical (unpaired) electrons. The van der Waals surface area contributed by atoms with Crippen LogP contribution in [0.2, 0.25) is 0 Å². The Kier molecular flexibility index (Phi) is 2.30. The van der Waals surface area contributed by atoms with Crippen molar-refractivity contribution in [2.75, 3.05) is 13.1 Å². The molecule has 2 rings (SSSR count). The lowest BCUT2D eigenvalue weighted by molar-refractivity contribution is -0.156. The van der Waals surface area contributed by atoms with E-state index in [0.717, 1.165) is 32.4 Å². The minimum atomic E-state index is 0.0370. The van der Waals surface area contributed by atoms with Crippen LogP contribution < -0.4 is 5.32 Å². The molecule has 0 aromatic carbocycles. The minimum Gasteiger partial charge on any atom is -0.461 e. The lowest BCUT2D eigenvalue weighted by atomic mass is 9.86. The Morgan fingerprint density at radius 1 is 1.33 bits per heavy atom. The van der Waals surface area contributed by atoms with Crippen molar-refractivity contribution in [1.82, 2.24) is 5.32 Å². The second-order valence-corrected chi connectivity index (χ2v) is 3.68. The van der Waals surface area contributed by atoms with Gasteiger partial charge in [0.25, 0.3) is 0 Å². The van der Waals surface area contributed by atoms with Gasteiger partial charge >= 0.3 is 5.97 Å². The molecule has 12 heavy (non-hydrogen) atoms. The van der Waals surface area contributed by atoms with Gasteiger partial charge in [-0.15, -0.1) is 0 Å². The first-order chi connectivity index (χ1) is 5.86. The van der Waals surface area contributed by atoms with Gasteiger partial charge in [-0.05, 0) is 25.8 Å². The molecule has 0 aromatic heterocycles. The van der Waals surface area contributed by atoms with Crippen molar-refractivity contribution in [3.05, 3.63) is 0 Å². The number of esters is 1. The molecule has 1 unspecified atom stereocenters. The molecule has 2 fully saturated rings. The van der Waals surface area contributed by atoms with E-state index in [1.165, 1.54) is 6.42 Å². The predicted molar refractivity (Wildman–Crippen MR) is 44.7 cm³/mol. The summed E-state index contributed by atoms with van der Waals surface area (Å²) in [6.07, 6.45) is 4.41. The maximum absolute atomic E-state index is 11.3. The number of nitrogens with one attached hydrogen (secondary N) is 1. The molecule has 1 atom stereocenters. The predicted octanol–water partition coefficient (Wildman–Crippen LogP) is 0.692. The quantitative estimate of drug-likeness (QED) is 0.618. The fraction of sp³-hybridized carbons (Fsp3) is 0.889. The van der Waals surface area contributed by atoms with Crippen molar-refractivity contribution in [2.24, 2.45) is 5.92 Å². The summed E-state index contributed by atoms with van der Waals surface area (Å²) in [4.78, 5) is 11.3. The van der Waals surface area contributed by atoms with Gasteiger partial charge in [-0.25, -0.2) is 0 Å². The fourth-order valence-electron chi connectivity index (χ4n) is 1.63. The van der Waals surface area contributed by atoms with Gasteiger partial charge in [0.05, 0.1) is 5.92 Å². The summed E-state index contributed by atoms with van der Waals surface area (Å²) in [7, 11) is 0. The Hall–Kier alpha value is -0.570. The van der Waals surface area contributed by atoms with Crippen molar-refractivity contribution in [3.63, 3.8) is 0 Å². The largest absolute Gasteiger partial charge is 0.461 e. The summed E-state index contributed by atoms with van der Waals surface area (Å²) in [6.45, 7) is 1.83. The summed E-state index contributed by atoms with van der Waals surface area (Å²) in [5.41, 5.74) is 0. The van der Waals surface area contributed by atoms with E-state index in [4.69, 9.17) is 4.74 Å². The topological polar surface area (TPSA) is 38.3 Å². The van der Waals surface area contributed by atoms with E-state index in [-0.39, 0.29) is 18.0 Å². The fourth-order valence-corrected chi connectivity index (χ4v) is 1.63. The van der Waals surface area contributed by atoms with Gasteiger partial charge in [0.1, 0.15) is 6.10 Å². The highest BCUT2D eigenvalue weighted by Gasteiger charge is 2.29. The Bertz CT molecular complexity index is 171. The lowest BCUT2D eigenvalue weighted by Gasteiger charge is -2.24. The van der Waals surface area contributed by atoms with Gasteiger partial charge in [0.15, 0.2) is 0 Å². The van der Waals surface area contributed by atoms with Crippen LogP contribution in [-0.4, -0.2) is 25.2 Å². The van der Waals surface area contributed by atoms with Gasteiger partial charge in [-0.3, -0.25) is 4.79 Å². The van der Waals surface area contributed by atoms with Crippen molar-refractivity contribution in [2.45, 2.75) is 31.8 Å². The second-order valence-electron chi connectivity index (χ2n) is 3.68. The standard InChI is InChI=1S/C9H15NO2/c11-9(7-2-1-3-7)12-8-4-5-10-6-8/h7-8,10H,1-6H2. The highest BCUT2D eigenvalue weighted by Crippen LogP contribution is 2.28. The van der Waals surface area contributed by atoms with E-state index < -0.39 is 0 Å². The first-order valence-corrected chi connectivity index (χ1v) is 4.77. The average molecular weight is 169 g/mol. The van der Waals surface area contributed by atoms with Crippen LogP contribution in [0.15, 0.2) is 0 Å². The van der Waals surface area contributed by atoms with Crippen molar-refractivity contribution in [1.29, 1.82) is 0 Å². The minimum absolute atomic E-state index is 0.0370. The second kappa shape index (κ2) is 3.44. The monoisotopic (exact) mass is 169 g/mol. The number of ether oxygens (including phenoxy) is 1. The van der Waals surface area contributed by atoms with Gasteiger partial charge in [0, 0.05) is 6.54 Å². The Balaban J connectivity index is 1.73. The number of hydrogen-bond donors (Lipinski definition) is 1. The van der Waals surface area contributed by atoms with E-state index in [1.807, 2.05) is 0 Å². The molecule has 3 nitrogen and oxygen atoms in total. The van der Waals surface area contributed by atoms with E-state index in [2.05, 4.69) is 5.32 Å². The molecule has 0 aromatic rings. The maximum Gasteiger partial charge on any atom is 0.309 e. The molecule has 3 heteroatoms. The summed E-state index contributed by atoms with van der Waals surface area (Å²) in [5, 5.41) is 3.18. The van der Waals surface area contributed by atoms with Crippen LogP contribution >= 0.6 is 0 Å². The Labute approximate surface area is 72.5 Å². The first kappa shape index (κ1) is 8.05. The van der Waals surface area contributed by atoms with Crippen LogP contribution in [0.25, 0.3) is 0 Å². The normalized spacial score (nSPS) is 29.8. The third-order valence-electron chi connectivity index (χ3n) is 2.74. The van der Waals surface area contributed by atoms with Crippen LogP contribution in [0.5, 0.6) is 0 Å². The zero-order valence-corrected chi connectivity index (χ0v) is 7.21. The zero-order valence-electron chi connectivity index (χ0n) is 7.21. The average Bonchev–Trinajstić information content (AvgIpc) is 2.34. The first-order valence-electron chi connectivity index (χ1n) is 4.77. The van der Waals surface area contributed by atoms with E-state index >= 15 is 0 Å². The summed E-state index contributed by atoms with van der Waals surface area (Å²) < 4.78 is 5.31. The van der Waals surface area contributed by atoms with Crippen LogP contribution in [0, 0.1) is 5.92 Å². The van der Waals surface area contributed by atoms with Crippen LogP contribution in [-0.2, 0) is 9.53 Å². The molecule has 1 aliphatic heterocycles. The molecule has 1 heterocycles. The van der Waals surface area contributed by atoms with Crippen LogP contribution in [0.4, 0.5) is 0 Å². The van der Waals surface area contributed by atoms with Crippen LogP contribution in [0.1, 0.15) is 25.7 Å². The molecule has 0 amide bonds. The van der Waals surface area contributed by atoms with E-state index in [0.29, 0.717) is 0 Å². The number of carbonyl (C=O) groups is 1. The molecule has 2 aliphatic rings. The van der Waals surface area contributed by atoms with E-state index in [1.54, 1.807) is 0 Å². The smallest absolute Gasteiger partial charge is 0.309 e. The number of carbonyl (C=O) groups excluding carboxylic acids is 1. The molecule has 0 spiro atoms. The third kappa shape index (κ3) is 1.61. The van der Waals surface area contributed by atoms with E-state index in [9.17, 15) is 4.79 Å². The number of hydrogen-bond acceptors (Lipinski definition) is 3. The highest BCUT2D eigenvalue weighted by atomic mass is 16.5. The summed E-state index contributed by atoms with van der Waals surface area (Å²) >= 11 is 0. The zero-order chi connectivity index (χ0) is 8.39. The SMILES string of the molecule is O=C(OC1CCNC1)C1CCC1. The number of rotatable bonds is 2. The Morgan fingerprint density at radius 2 is 2.17 bits per heavy atom. The van der Waals surface area contributed by atoms with Gasteiger partial charge < -0.3 is 10.1 Å². The van der Waals surface area contributed by atoms with Gasteiger partial charge in [-0.1, -0.05) is 6.42 Å². The molecule has 1 saturated carbocycles. The van der Waals surface area contributed by atoms with Crippen molar-refractivity contribution < 1.29 is 9.53 Å². The van der Waals surface area contributed by atoms with Gasteiger partial charge in [0.2, 0.25) is 0 Å². The van der Waals surface area contributed by atoms with Crippen LogP contribution in [0.3, 0.4) is 0 Å². The van der Waals surface area contributed by atoms with Gasteiger partial charge in [-0.2, -0.15) is 0 Å². The Morgan fingerprint density at radius 3 is 2.67 bits per heavy atom. The summed E-state index contributed by atoms with van der Waals surface area (Å²) in [6, 6.07) is 0. The summed E-state index contributed by atoms with van der Waals surface area (Å²) in [5.74, 6) is 0.264. The molecule has 68 valence electrons. The molecule has 0 bridgehead atoms. The molecule has 1 saturated heterocycles. The lowest BCUT2D eigenvalue weighted by Crippen LogP contribution is -2.29. The van der Waals surface area contributed by atoms with Crippen molar-refractivity contribution >= 4 is 5.97 Å². The van der Waals surface area contributed by atoms with Crippen molar-refractivity contribution in [3.8, 4) is 0 Å².